The van der Waals surface area contributed by atoms with E-state index in [1.54, 1.807) is 64.2 Å². The molecule has 0 heterocycles. The predicted octanol–water partition coefficient (Wildman–Crippen LogP) is 4.39. The lowest BCUT2D eigenvalue weighted by molar-refractivity contribution is 0.0520. The zero-order valence-electron chi connectivity index (χ0n) is 9.38. The Labute approximate surface area is 88.5 Å². The predicted molar refractivity (Wildman–Crippen MR) is 60.1 cm³/mol. The van der Waals surface area contributed by atoms with E-state index in [9.17, 15) is 0 Å². The molecule has 3 aliphatic rings. The number of fused-ring (bicyclic) bond motifs is 2. The second kappa shape index (κ2) is 3.87. The van der Waals surface area contributed by atoms with Crippen molar-refractivity contribution in [2.24, 2.45) is 23.7 Å². The molecule has 0 aromatic heterocycles. The third-order valence-electron chi connectivity index (χ3n) is 5.34. The third-order valence-corrected chi connectivity index (χ3v) is 5.34. The van der Waals surface area contributed by atoms with Gasteiger partial charge in [-0.05, 0) is 36.5 Å². The number of hydrogen-bond donors (Lipinski definition) is 0. The Bertz CT molecular complexity index is 154. The van der Waals surface area contributed by atoms with Crippen LogP contribution in [0.5, 0.6) is 0 Å². The molecule has 0 nitrogen and oxygen atoms in total. The first-order chi connectivity index (χ1) is 6.93. The van der Waals surface area contributed by atoms with Crippen LogP contribution in [0, 0.1) is 23.7 Å². The lowest BCUT2D eigenvalue weighted by atomic mass is 9.60. The summed E-state index contributed by atoms with van der Waals surface area (Å²) in [7, 11) is 0. The van der Waals surface area contributed by atoms with Gasteiger partial charge in [-0.3, -0.25) is 0 Å². The van der Waals surface area contributed by atoms with Crippen molar-refractivity contribution in [3.05, 3.63) is 0 Å². The fraction of sp³-hybridized carbons (Fsp3) is 1.00. The first-order valence-electron chi connectivity index (χ1n) is 6.93. The lowest BCUT2D eigenvalue weighted by Crippen LogP contribution is -2.35. The van der Waals surface area contributed by atoms with E-state index >= 15 is 0 Å². The molecule has 3 saturated carbocycles. The third kappa shape index (κ3) is 1.61. The molecule has 0 heteroatoms. The van der Waals surface area contributed by atoms with Crippen molar-refractivity contribution < 1.29 is 0 Å². The van der Waals surface area contributed by atoms with Crippen LogP contribution in [0.25, 0.3) is 0 Å². The molecule has 0 radical (unpaired) electrons. The van der Waals surface area contributed by atoms with Gasteiger partial charge in [-0.2, -0.15) is 0 Å². The van der Waals surface area contributed by atoms with Crippen LogP contribution in [0.2, 0.25) is 0 Å². The van der Waals surface area contributed by atoms with E-state index in [0.717, 1.165) is 23.7 Å². The molecule has 14 heavy (non-hydrogen) atoms. The second-order valence-electron chi connectivity index (χ2n) is 6.08. The van der Waals surface area contributed by atoms with E-state index in [-0.39, 0.29) is 0 Å². The summed E-state index contributed by atoms with van der Waals surface area (Å²) < 4.78 is 0. The fourth-order valence-electron chi connectivity index (χ4n) is 4.59. The van der Waals surface area contributed by atoms with Gasteiger partial charge >= 0.3 is 0 Å². The molecule has 0 unspecified atom stereocenters. The first kappa shape index (κ1) is 9.24. The fourth-order valence-corrected chi connectivity index (χ4v) is 4.59. The Morgan fingerprint density at radius 1 is 0.429 bits per heavy atom. The molecular formula is C14H24. The van der Waals surface area contributed by atoms with E-state index in [2.05, 4.69) is 0 Å². The number of hydrogen-bond acceptors (Lipinski definition) is 0. The van der Waals surface area contributed by atoms with Gasteiger partial charge in [-0.1, -0.05) is 51.4 Å². The molecule has 80 valence electrons. The van der Waals surface area contributed by atoms with Crippen molar-refractivity contribution in [2.45, 2.75) is 64.2 Å². The highest BCUT2D eigenvalue weighted by Crippen LogP contribution is 2.49. The highest BCUT2D eigenvalue weighted by molar-refractivity contribution is 4.89. The van der Waals surface area contributed by atoms with E-state index in [4.69, 9.17) is 0 Å². The highest BCUT2D eigenvalue weighted by atomic mass is 14.4. The van der Waals surface area contributed by atoms with Gasteiger partial charge in [0.1, 0.15) is 0 Å². The van der Waals surface area contributed by atoms with Crippen LogP contribution in [0.1, 0.15) is 64.2 Å². The van der Waals surface area contributed by atoms with Crippen LogP contribution in [-0.4, -0.2) is 0 Å². The largest absolute Gasteiger partial charge is 0.0530 e. The van der Waals surface area contributed by atoms with Crippen molar-refractivity contribution in [1.29, 1.82) is 0 Å². The highest BCUT2D eigenvalue weighted by Gasteiger charge is 2.38. The lowest BCUT2D eigenvalue weighted by Gasteiger charge is -2.46. The minimum Gasteiger partial charge on any atom is -0.0530 e. The van der Waals surface area contributed by atoms with Crippen LogP contribution < -0.4 is 0 Å². The number of rotatable bonds is 0. The maximum atomic E-state index is 1.62. The average molecular weight is 192 g/mol. The summed E-state index contributed by atoms with van der Waals surface area (Å²) in [6.45, 7) is 0. The van der Waals surface area contributed by atoms with Crippen molar-refractivity contribution >= 4 is 0 Å². The molecule has 3 fully saturated rings. The van der Waals surface area contributed by atoms with Crippen molar-refractivity contribution in [2.75, 3.05) is 0 Å². The molecule has 0 spiro atoms. The normalized spacial score (nSPS) is 48.0. The molecule has 0 amide bonds. The van der Waals surface area contributed by atoms with Gasteiger partial charge in [-0.15, -0.1) is 0 Å². The van der Waals surface area contributed by atoms with Gasteiger partial charge in [0.2, 0.25) is 0 Å². The second-order valence-corrected chi connectivity index (χ2v) is 6.08. The van der Waals surface area contributed by atoms with E-state index in [1.807, 2.05) is 0 Å². The molecule has 0 N–H and O–H groups in total. The molecule has 4 atom stereocenters. The average Bonchev–Trinajstić information content (AvgIpc) is 2.26. The molecule has 3 aliphatic carbocycles. The maximum Gasteiger partial charge on any atom is -0.0383 e. The molecule has 0 aliphatic heterocycles. The van der Waals surface area contributed by atoms with E-state index in [0.29, 0.717) is 0 Å². The van der Waals surface area contributed by atoms with Gasteiger partial charge in [-0.25, -0.2) is 0 Å². The summed E-state index contributed by atoms with van der Waals surface area (Å²) in [6, 6.07) is 0. The smallest absolute Gasteiger partial charge is 0.0383 e. The molecule has 0 aromatic carbocycles. The topological polar surface area (TPSA) is 0 Å². The summed E-state index contributed by atoms with van der Waals surface area (Å²) in [5, 5.41) is 0. The van der Waals surface area contributed by atoms with Crippen LogP contribution in [-0.2, 0) is 0 Å². The summed E-state index contributed by atoms with van der Waals surface area (Å²) in [6.07, 6.45) is 15.7. The first-order valence-corrected chi connectivity index (χ1v) is 6.93. The van der Waals surface area contributed by atoms with E-state index in [1.165, 1.54) is 0 Å². The molecular weight excluding hydrogens is 168 g/mol. The van der Waals surface area contributed by atoms with Crippen LogP contribution >= 0.6 is 0 Å². The van der Waals surface area contributed by atoms with Crippen LogP contribution in [0.3, 0.4) is 0 Å². The summed E-state index contributed by atoms with van der Waals surface area (Å²) in [5.41, 5.74) is 0. The van der Waals surface area contributed by atoms with Gasteiger partial charge < -0.3 is 0 Å². The summed E-state index contributed by atoms with van der Waals surface area (Å²) in [4.78, 5) is 0. The minimum absolute atomic E-state index is 1.16. The van der Waals surface area contributed by atoms with Gasteiger partial charge in [0, 0.05) is 0 Å². The Balaban J connectivity index is 1.68. The molecule has 0 saturated heterocycles. The Kier molecular flexibility index (Phi) is 2.55. The summed E-state index contributed by atoms with van der Waals surface area (Å²) >= 11 is 0. The van der Waals surface area contributed by atoms with Gasteiger partial charge in [0.05, 0.1) is 0 Å². The van der Waals surface area contributed by atoms with E-state index < -0.39 is 0 Å². The zero-order valence-corrected chi connectivity index (χ0v) is 9.38. The zero-order chi connectivity index (χ0) is 9.38. The maximum absolute atomic E-state index is 1.62. The molecule has 0 aromatic rings. The van der Waals surface area contributed by atoms with Crippen LogP contribution in [0.4, 0.5) is 0 Å². The van der Waals surface area contributed by atoms with Crippen molar-refractivity contribution in [3.63, 3.8) is 0 Å². The SMILES string of the molecule is C1CC[C@H]2C[C@@H]3CCCC[C@@H]3C[C@H]2C1. The van der Waals surface area contributed by atoms with Crippen molar-refractivity contribution in [3.8, 4) is 0 Å². The van der Waals surface area contributed by atoms with Gasteiger partial charge in [0.15, 0.2) is 0 Å². The molecule has 3 rings (SSSR count). The van der Waals surface area contributed by atoms with Crippen molar-refractivity contribution in [1.82, 2.24) is 0 Å². The monoisotopic (exact) mass is 192 g/mol. The van der Waals surface area contributed by atoms with Crippen LogP contribution in [0.15, 0.2) is 0 Å². The van der Waals surface area contributed by atoms with Gasteiger partial charge in [0.25, 0.3) is 0 Å². The minimum atomic E-state index is 1.16. The summed E-state index contributed by atoms with van der Waals surface area (Å²) in [5.74, 6) is 4.62. The standard InChI is InChI=1S/C14H24/c1-2-6-12-10-14-8-4-3-7-13(14)9-11(12)5-1/h11-14H,1-10H2/t11-,12+,13-,14+. The Hall–Kier alpha value is 0. The Morgan fingerprint density at radius 2 is 0.714 bits per heavy atom. The molecule has 0 bridgehead atoms. The quantitative estimate of drug-likeness (QED) is 0.534. The Morgan fingerprint density at radius 3 is 1.00 bits per heavy atom.